The first-order chi connectivity index (χ1) is 7.08. The van der Waals surface area contributed by atoms with Gasteiger partial charge >= 0.3 is 5.97 Å². The molecule has 0 aliphatic rings. The van der Waals surface area contributed by atoms with E-state index in [4.69, 9.17) is 5.11 Å². The van der Waals surface area contributed by atoms with Gasteiger partial charge in [-0.1, -0.05) is 0 Å². The Labute approximate surface area is 82.8 Å². The molecule has 0 radical (unpaired) electrons. The highest BCUT2D eigenvalue weighted by Gasteiger charge is 2.12. The highest BCUT2D eigenvalue weighted by Crippen LogP contribution is 2.19. The van der Waals surface area contributed by atoms with Crippen LogP contribution in [-0.2, 0) is 0 Å². The van der Waals surface area contributed by atoms with Crippen molar-refractivity contribution >= 4 is 11.5 Å². The number of aromatic nitrogens is 2. The van der Waals surface area contributed by atoms with Gasteiger partial charge in [-0.05, 0) is 18.2 Å². The molecule has 2 heterocycles. The van der Waals surface area contributed by atoms with E-state index in [1.807, 2.05) is 0 Å². The fourth-order valence-corrected chi connectivity index (χ4v) is 1.24. The van der Waals surface area contributed by atoms with Crippen LogP contribution < -0.4 is 0 Å². The van der Waals surface area contributed by atoms with Crippen LogP contribution in [0.3, 0.4) is 0 Å². The van der Waals surface area contributed by atoms with Gasteiger partial charge in [0, 0.05) is 6.20 Å². The number of carboxylic acid groups (broad SMARTS) is 1. The Kier molecular flexibility index (Phi) is 2.11. The van der Waals surface area contributed by atoms with Crippen LogP contribution >= 0.6 is 0 Å². The first-order valence-corrected chi connectivity index (χ1v) is 4.08. The van der Waals surface area contributed by atoms with E-state index in [9.17, 15) is 13.6 Å². The summed E-state index contributed by atoms with van der Waals surface area (Å²) < 4.78 is 25.7. The van der Waals surface area contributed by atoms with Gasteiger partial charge in [0.25, 0.3) is 6.43 Å². The van der Waals surface area contributed by atoms with Gasteiger partial charge in [0.05, 0.1) is 11.1 Å². The Balaban J connectivity index is 2.57. The van der Waals surface area contributed by atoms with Crippen LogP contribution in [0.25, 0.3) is 5.52 Å². The maximum absolute atomic E-state index is 12.3. The van der Waals surface area contributed by atoms with Gasteiger partial charge in [0.15, 0.2) is 0 Å². The van der Waals surface area contributed by atoms with Crippen LogP contribution in [0.5, 0.6) is 0 Å². The fraction of sp³-hybridized carbons (Fsp3) is 0.111. The molecule has 0 aliphatic heterocycles. The fourth-order valence-electron chi connectivity index (χ4n) is 1.24. The van der Waals surface area contributed by atoms with E-state index in [0.717, 1.165) is 4.52 Å². The van der Waals surface area contributed by atoms with E-state index < -0.39 is 12.4 Å². The number of pyridine rings is 1. The summed E-state index contributed by atoms with van der Waals surface area (Å²) in [5.41, 5.74) is 0.0826. The summed E-state index contributed by atoms with van der Waals surface area (Å²) in [6, 6.07) is 3.99. The molecule has 0 aliphatic carbocycles. The third-order valence-electron chi connectivity index (χ3n) is 1.95. The zero-order valence-electron chi connectivity index (χ0n) is 7.39. The van der Waals surface area contributed by atoms with Crippen molar-refractivity contribution in [3.05, 3.63) is 35.7 Å². The normalized spacial score (nSPS) is 11.1. The molecule has 0 saturated carbocycles. The van der Waals surface area contributed by atoms with Crippen molar-refractivity contribution in [2.45, 2.75) is 6.43 Å². The summed E-state index contributed by atoms with van der Waals surface area (Å²) in [7, 11) is 0. The molecule has 0 fully saturated rings. The average molecular weight is 212 g/mol. The van der Waals surface area contributed by atoms with Crippen LogP contribution in [0.1, 0.15) is 22.5 Å². The lowest BCUT2D eigenvalue weighted by molar-refractivity contribution is 0.0696. The summed E-state index contributed by atoms with van der Waals surface area (Å²) in [6.07, 6.45) is -1.46. The predicted molar refractivity (Wildman–Crippen MR) is 47.1 cm³/mol. The number of carbonyl (C=O) groups is 1. The maximum atomic E-state index is 12.3. The third-order valence-corrected chi connectivity index (χ3v) is 1.95. The van der Waals surface area contributed by atoms with Crippen molar-refractivity contribution < 1.29 is 18.7 Å². The first-order valence-electron chi connectivity index (χ1n) is 4.08. The van der Waals surface area contributed by atoms with Crippen molar-refractivity contribution in [1.29, 1.82) is 0 Å². The van der Waals surface area contributed by atoms with Crippen molar-refractivity contribution in [3.63, 3.8) is 0 Å². The zero-order chi connectivity index (χ0) is 11.0. The average Bonchev–Trinajstić information content (AvgIpc) is 2.59. The molecule has 4 nitrogen and oxygen atoms in total. The van der Waals surface area contributed by atoms with Gasteiger partial charge in [-0.15, -0.1) is 0 Å². The number of carboxylic acids is 1. The second kappa shape index (κ2) is 3.30. The number of aromatic carboxylic acids is 1. The molecule has 0 bridgehead atoms. The zero-order valence-corrected chi connectivity index (χ0v) is 7.39. The first kappa shape index (κ1) is 9.57. The molecule has 15 heavy (non-hydrogen) atoms. The Morgan fingerprint density at radius 3 is 2.80 bits per heavy atom. The highest BCUT2D eigenvalue weighted by atomic mass is 19.3. The smallest absolute Gasteiger partial charge is 0.337 e. The summed E-state index contributed by atoms with van der Waals surface area (Å²) >= 11 is 0. The molecule has 6 heteroatoms. The highest BCUT2D eigenvalue weighted by molar-refractivity contribution is 5.87. The van der Waals surface area contributed by atoms with Gasteiger partial charge < -0.3 is 5.11 Å². The Hall–Kier alpha value is -1.98. The number of hydrogen-bond donors (Lipinski definition) is 1. The SMILES string of the molecule is O=C(O)c1ccc2cc(C(F)F)nn2c1. The minimum Gasteiger partial charge on any atom is -0.478 e. The van der Waals surface area contributed by atoms with Crippen LogP contribution in [0.4, 0.5) is 8.78 Å². The van der Waals surface area contributed by atoms with Crippen LogP contribution in [0.15, 0.2) is 24.4 Å². The van der Waals surface area contributed by atoms with E-state index in [1.165, 1.54) is 24.4 Å². The number of hydrogen-bond acceptors (Lipinski definition) is 2. The van der Waals surface area contributed by atoms with Crippen molar-refractivity contribution in [3.8, 4) is 0 Å². The van der Waals surface area contributed by atoms with Crippen LogP contribution in [0.2, 0.25) is 0 Å². The lowest BCUT2D eigenvalue weighted by Gasteiger charge is -1.95. The van der Waals surface area contributed by atoms with Gasteiger partial charge in [-0.2, -0.15) is 5.10 Å². The molecule has 0 saturated heterocycles. The molecule has 0 spiro atoms. The number of rotatable bonds is 2. The van der Waals surface area contributed by atoms with Gasteiger partial charge in [-0.25, -0.2) is 18.1 Å². The molecule has 2 aromatic heterocycles. The van der Waals surface area contributed by atoms with E-state index >= 15 is 0 Å². The van der Waals surface area contributed by atoms with Crippen LogP contribution in [0, 0.1) is 0 Å². The van der Waals surface area contributed by atoms with Crippen molar-refractivity contribution in [2.24, 2.45) is 0 Å². The van der Waals surface area contributed by atoms with E-state index in [2.05, 4.69) is 5.10 Å². The summed E-state index contributed by atoms with van der Waals surface area (Å²) in [5, 5.41) is 12.2. The number of fused-ring (bicyclic) bond motifs is 1. The molecular weight excluding hydrogens is 206 g/mol. The lowest BCUT2D eigenvalue weighted by Crippen LogP contribution is -1.99. The molecule has 78 valence electrons. The predicted octanol–water partition coefficient (Wildman–Crippen LogP) is 1.97. The van der Waals surface area contributed by atoms with Gasteiger partial charge in [-0.3, -0.25) is 0 Å². The van der Waals surface area contributed by atoms with Gasteiger partial charge in [0.1, 0.15) is 5.69 Å². The number of nitrogens with zero attached hydrogens (tertiary/aromatic N) is 2. The van der Waals surface area contributed by atoms with E-state index in [-0.39, 0.29) is 11.3 Å². The molecule has 0 aromatic carbocycles. The Morgan fingerprint density at radius 2 is 2.20 bits per heavy atom. The minimum atomic E-state index is -2.65. The second-order valence-electron chi connectivity index (χ2n) is 2.96. The molecule has 0 atom stereocenters. The number of alkyl halides is 2. The van der Waals surface area contributed by atoms with E-state index in [0.29, 0.717) is 5.52 Å². The van der Waals surface area contributed by atoms with E-state index in [1.54, 1.807) is 0 Å². The topological polar surface area (TPSA) is 54.6 Å². The minimum absolute atomic E-state index is 0.00594. The van der Waals surface area contributed by atoms with Crippen LogP contribution in [-0.4, -0.2) is 20.7 Å². The summed E-state index contributed by atoms with van der Waals surface area (Å²) in [4.78, 5) is 10.6. The lowest BCUT2D eigenvalue weighted by atomic mass is 10.2. The molecule has 0 unspecified atom stereocenters. The Morgan fingerprint density at radius 1 is 1.47 bits per heavy atom. The molecule has 2 rings (SSSR count). The van der Waals surface area contributed by atoms with Gasteiger partial charge in [0.2, 0.25) is 0 Å². The molecular formula is C9H6F2N2O2. The summed E-state index contributed by atoms with van der Waals surface area (Å²) in [5.74, 6) is -1.12. The third kappa shape index (κ3) is 1.65. The quantitative estimate of drug-likeness (QED) is 0.827. The summed E-state index contributed by atoms with van der Waals surface area (Å²) in [6.45, 7) is 0. The molecule has 1 N–H and O–H groups in total. The van der Waals surface area contributed by atoms with Crippen molar-refractivity contribution in [2.75, 3.05) is 0 Å². The largest absolute Gasteiger partial charge is 0.478 e. The Bertz CT molecular complexity index is 522. The second-order valence-corrected chi connectivity index (χ2v) is 2.96. The van der Waals surface area contributed by atoms with Crippen molar-refractivity contribution in [1.82, 2.24) is 9.61 Å². The number of halogens is 2. The monoisotopic (exact) mass is 212 g/mol. The maximum Gasteiger partial charge on any atom is 0.337 e. The standard InChI is InChI=1S/C9H6F2N2O2/c10-8(11)7-3-6-2-1-5(9(14)15)4-13(6)12-7/h1-4,8H,(H,14,15). The molecule has 0 amide bonds. The molecule has 2 aromatic rings.